The third-order valence-electron chi connectivity index (χ3n) is 2.86. The Labute approximate surface area is 93.8 Å². The van der Waals surface area contributed by atoms with Crippen LogP contribution in [0.2, 0.25) is 0 Å². The van der Waals surface area contributed by atoms with Crippen LogP contribution in [0.1, 0.15) is 32.6 Å². The highest BCUT2D eigenvalue weighted by atomic mass is 32.2. The van der Waals surface area contributed by atoms with E-state index >= 15 is 0 Å². The Hall–Kier alpha value is -0.0551. The second-order valence-electron chi connectivity index (χ2n) is 4.44. The van der Waals surface area contributed by atoms with E-state index in [4.69, 9.17) is 0 Å². The van der Waals surface area contributed by atoms with Gasteiger partial charge < -0.3 is 12.9 Å². The van der Waals surface area contributed by atoms with Gasteiger partial charge >= 0.3 is 6.98 Å². The van der Waals surface area contributed by atoms with E-state index in [0.29, 0.717) is 11.2 Å². The molecule has 0 spiro atoms. The Kier molecular flexibility index (Phi) is 4.62. The second kappa shape index (κ2) is 5.33. The van der Waals surface area contributed by atoms with Crippen LogP contribution in [0.4, 0.5) is 12.9 Å². The summed E-state index contributed by atoms with van der Waals surface area (Å²) in [7, 11) is 0. The van der Waals surface area contributed by atoms with Crippen molar-refractivity contribution < 1.29 is 12.9 Å². The largest absolute Gasteiger partial charge is 0.505 e. The predicted molar refractivity (Wildman–Crippen MR) is 62.1 cm³/mol. The van der Waals surface area contributed by atoms with E-state index in [2.05, 4.69) is 13.5 Å². The molecule has 5 heteroatoms. The van der Waals surface area contributed by atoms with E-state index in [1.807, 2.05) is 0 Å². The lowest BCUT2D eigenvalue weighted by molar-refractivity contribution is 0.394. The second-order valence-corrected chi connectivity index (χ2v) is 5.73. The van der Waals surface area contributed by atoms with E-state index in [1.165, 1.54) is 18.2 Å². The minimum absolute atomic E-state index is 0.0564. The van der Waals surface area contributed by atoms with Gasteiger partial charge in [-0.25, -0.2) is 0 Å². The summed E-state index contributed by atoms with van der Waals surface area (Å²) in [5.74, 6) is 0.724. The fourth-order valence-electron chi connectivity index (χ4n) is 1.85. The molecule has 2 unspecified atom stereocenters. The zero-order valence-electron chi connectivity index (χ0n) is 9.02. The maximum Gasteiger partial charge on any atom is 0.505 e. The Morgan fingerprint density at radius 2 is 2.07 bits per heavy atom. The first-order valence-electron chi connectivity index (χ1n) is 5.39. The average molecular weight is 237 g/mol. The molecule has 1 saturated carbocycles. The Balaban J connectivity index is 2.28. The standard InChI is InChI=1S/C10H17BF3S/c1-8-4-3-5-10(6-8)15-7-9(2)11(12,13)14/h8,10H,2-7H2,1H3/q-1. The first-order valence-corrected chi connectivity index (χ1v) is 6.43. The smallest absolute Gasteiger partial charge is 0.445 e. The highest BCUT2D eigenvalue weighted by Crippen LogP contribution is 2.34. The van der Waals surface area contributed by atoms with Crippen LogP contribution in [-0.4, -0.2) is 18.0 Å². The summed E-state index contributed by atoms with van der Waals surface area (Å²) in [6.07, 6.45) is 4.50. The van der Waals surface area contributed by atoms with Gasteiger partial charge in [0.15, 0.2) is 0 Å². The Morgan fingerprint density at radius 1 is 1.40 bits per heavy atom. The van der Waals surface area contributed by atoms with Gasteiger partial charge in [0.05, 0.1) is 0 Å². The maximum absolute atomic E-state index is 12.2. The quantitative estimate of drug-likeness (QED) is 0.659. The molecular weight excluding hydrogens is 220 g/mol. The predicted octanol–water partition coefficient (Wildman–Crippen LogP) is 4.24. The van der Waals surface area contributed by atoms with E-state index in [1.54, 1.807) is 0 Å². The van der Waals surface area contributed by atoms with Crippen molar-refractivity contribution in [2.45, 2.75) is 37.9 Å². The molecule has 0 aromatic heterocycles. The van der Waals surface area contributed by atoms with Crippen molar-refractivity contribution in [3.8, 4) is 0 Å². The Bertz CT molecular complexity index is 227. The molecule has 0 saturated heterocycles. The van der Waals surface area contributed by atoms with E-state index in [-0.39, 0.29) is 5.75 Å². The van der Waals surface area contributed by atoms with Gasteiger partial charge in [0.25, 0.3) is 0 Å². The maximum atomic E-state index is 12.2. The number of rotatable bonds is 4. The number of thioether (sulfide) groups is 1. The molecule has 1 rings (SSSR count). The average Bonchev–Trinajstić information content (AvgIpc) is 2.12. The van der Waals surface area contributed by atoms with Crippen LogP contribution in [0.25, 0.3) is 0 Å². The number of halogens is 3. The zero-order valence-corrected chi connectivity index (χ0v) is 9.83. The molecule has 1 fully saturated rings. The first kappa shape index (κ1) is 13.0. The molecule has 15 heavy (non-hydrogen) atoms. The molecular formula is C10H17BF3S-. The van der Waals surface area contributed by atoms with Crippen molar-refractivity contribution in [2.24, 2.45) is 5.92 Å². The number of hydrogen-bond donors (Lipinski definition) is 0. The fraction of sp³-hybridized carbons (Fsp3) is 0.800. The minimum Gasteiger partial charge on any atom is -0.445 e. The molecule has 0 amide bonds. The molecule has 0 aliphatic heterocycles. The molecule has 0 radical (unpaired) electrons. The van der Waals surface area contributed by atoms with Crippen molar-refractivity contribution in [1.29, 1.82) is 0 Å². The van der Waals surface area contributed by atoms with Gasteiger partial charge in [-0.05, 0) is 24.5 Å². The number of hydrogen-bond acceptors (Lipinski definition) is 1. The molecule has 0 heterocycles. The molecule has 0 N–H and O–H groups in total. The van der Waals surface area contributed by atoms with Crippen LogP contribution in [0.15, 0.2) is 12.1 Å². The van der Waals surface area contributed by atoms with Crippen LogP contribution in [0.5, 0.6) is 0 Å². The fourth-order valence-corrected chi connectivity index (χ4v) is 3.29. The molecule has 0 aromatic carbocycles. The third kappa shape index (κ3) is 4.54. The summed E-state index contributed by atoms with van der Waals surface area (Å²) in [5, 5.41) is 0.406. The topological polar surface area (TPSA) is 0 Å². The first-order chi connectivity index (χ1) is 6.89. The van der Waals surface area contributed by atoms with Crippen LogP contribution in [0.3, 0.4) is 0 Å². The van der Waals surface area contributed by atoms with E-state index in [9.17, 15) is 12.9 Å². The van der Waals surface area contributed by atoms with Gasteiger partial charge in [-0.2, -0.15) is 11.8 Å². The lowest BCUT2D eigenvalue weighted by atomic mass is 9.82. The van der Waals surface area contributed by atoms with Crippen LogP contribution >= 0.6 is 11.8 Å². The van der Waals surface area contributed by atoms with Crippen LogP contribution in [-0.2, 0) is 0 Å². The summed E-state index contributed by atoms with van der Waals surface area (Å²) in [6.45, 7) is 0.459. The van der Waals surface area contributed by atoms with Gasteiger partial charge in [0.2, 0.25) is 0 Å². The molecule has 0 nitrogen and oxygen atoms in total. The van der Waals surface area contributed by atoms with Gasteiger partial charge in [0, 0.05) is 5.25 Å². The van der Waals surface area contributed by atoms with Crippen molar-refractivity contribution >= 4 is 18.7 Å². The summed E-state index contributed by atoms with van der Waals surface area (Å²) in [4.78, 5) is 0. The minimum atomic E-state index is -4.83. The van der Waals surface area contributed by atoms with E-state index < -0.39 is 12.4 Å². The summed E-state index contributed by atoms with van der Waals surface area (Å²) >= 11 is 1.43. The third-order valence-corrected chi connectivity index (χ3v) is 4.29. The van der Waals surface area contributed by atoms with E-state index in [0.717, 1.165) is 19.3 Å². The normalized spacial score (nSPS) is 27.7. The molecule has 1 aliphatic rings. The lowest BCUT2D eigenvalue weighted by Gasteiger charge is -2.27. The molecule has 1 aliphatic carbocycles. The monoisotopic (exact) mass is 237 g/mol. The summed E-state index contributed by atoms with van der Waals surface area (Å²) < 4.78 is 36.7. The molecule has 2 atom stereocenters. The Morgan fingerprint density at radius 3 is 2.60 bits per heavy atom. The molecule has 0 aromatic rings. The highest BCUT2D eigenvalue weighted by Gasteiger charge is 2.27. The van der Waals surface area contributed by atoms with Crippen molar-refractivity contribution in [1.82, 2.24) is 0 Å². The summed E-state index contributed by atoms with van der Waals surface area (Å²) in [5.41, 5.74) is -0.543. The van der Waals surface area contributed by atoms with Crippen molar-refractivity contribution in [3.63, 3.8) is 0 Å². The van der Waals surface area contributed by atoms with Gasteiger partial charge in [0.1, 0.15) is 0 Å². The molecule has 88 valence electrons. The lowest BCUT2D eigenvalue weighted by Crippen LogP contribution is -2.22. The SMILES string of the molecule is C=C(CSC1CCCC(C)C1)[B-](F)(F)F. The van der Waals surface area contributed by atoms with Crippen molar-refractivity contribution in [3.05, 3.63) is 12.1 Å². The van der Waals surface area contributed by atoms with Gasteiger partial charge in [-0.1, -0.05) is 19.8 Å². The molecule has 0 bridgehead atoms. The highest BCUT2D eigenvalue weighted by molar-refractivity contribution is 8.00. The van der Waals surface area contributed by atoms with Crippen LogP contribution < -0.4 is 0 Å². The summed E-state index contributed by atoms with van der Waals surface area (Å²) in [6, 6.07) is 0. The van der Waals surface area contributed by atoms with Crippen molar-refractivity contribution in [2.75, 3.05) is 5.75 Å². The van der Waals surface area contributed by atoms with Gasteiger partial charge in [-0.15, -0.1) is 12.1 Å². The zero-order chi connectivity index (χ0) is 11.5. The van der Waals surface area contributed by atoms with Gasteiger partial charge in [-0.3, -0.25) is 0 Å². The van der Waals surface area contributed by atoms with Crippen LogP contribution in [0, 0.1) is 5.92 Å².